The second-order valence-electron chi connectivity index (χ2n) is 5.66. The van der Waals surface area contributed by atoms with Crippen LogP contribution in [0.15, 0.2) is 24.2 Å². The zero-order chi connectivity index (χ0) is 15.7. The number of thiocarbonyl (C=S) groups is 1. The summed E-state index contributed by atoms with van der Waals surface area (Å²) in [7, 11) is 1.39. The minimum atomic E-state index is -1.13. The number of likely N-dealkylation sites (N-methyl/N-ethyl adjacent to an activating group) is 1. The molecule has 0 amide bonds. The van der Waals surface area contributed by atoms with Gasteiger partial charge in [0.15, 0.2) is 0 Å². The maximum absolute atomic E-state index is 12.4. The highest BCUT2D eigenvalue weighted by Crippen LogP contribution is 2.35. The number of aliphatic hydroxyl groups is 2. The highest BCUT2D eigenvalue weighted by molar-refractivity contribution is 8.10. The lowest BCUT2D eigenvalue weighted by atomic mass is 9.89. The number of β-amino-alcohol motifs (C(OH)–C–C–N with tert-alkyl or cyclic N) is 1. The third kappa shape index (κ3) is 3.94. The lowest BCUT2D eigenvalue weighted by Crippen LogP contribution is -2.72. The van der Waals surface area contributed by atoms with E-state index in [1.165, 1.54) is 7.05 Å². The van der Waals surface area contributed by atoms with Crippen LogP contribution in [0, 0.1) is 5.21 Å². The molecule has 2 heterocycles. The quantitative estimate of drug-likeness (QED) is 0.300. The summed E-state index contributed by atoms with van der Waals surface area (Å²) >= 11 is 9.29. The Hall–Kier alpha value is -0.350. The fourth-order valence-corrected chi connectivity index (χ4v) is 3.37. The molecule has 3 unspecified atom stereocenters. The number of allylic oxidation sites excluding steroid dienone is 2. The smallest absolute Gasteiger partial charge is 0.208 e. The zero-order valence-corrected chi connectivity index (χ0v) is 14.7. The molecule has 2 aliphatic rings. The van der Waals surface area contributed by atoms with Crippen LogP contribution in [0.25, 0.3) is 0 Å². The Bertz CT molecular complexity index is 487. The number of hydrogen-bond donors (Lipinski definition) is 3. The van der Waals surface area contributed by atoms with Crippen molar-refractivity contribution in [2.45, 2.75) is 24.6 Å². The van der Waals surface area contributed by atoms with E-state index >= 15 is 0 Å². The van der Waals surface area contributed by atoms with E-state index in [1.54, 1.807) is 11.2 Å². The number of hydrogen-bond acceptors (Lipinski definition) is 5. The first-order valence-corrected chi connectivity index (χ1v) is 7.53. The van der Waals surface area contributed by atoms with Gasteiger partial charge in [0, 0.05) is 6.42 Å². The third-order valence-corrected chi connectivity index (χ3v) is 4.44. The van der Waals surface area contributed by atoms with Crippen LogP contribution in [0.3, 0.4) is 0 Å². The highest BCUT2D eigenvalue weighted by atomic mass is 35.5. The van der Waals surface area contributed by atoms with Gasteiger partial charge in [0.25, 0.3) is 0 Å². The second-order valence-corrected chi connectivity index (χ2v) is 6.77. The van der Waals surface area contributed by atoms with Crippen molar-refractivity contribution in [3.8, 4) is 0 Å². The van der Waals surface area contributed by atoms with Crippen molar-refractivity contribution in [2.75, 3.05) is 26.7 Å². The average Bonchev–Trinajstić information content (AvgIpc) is 2.43. The molecule has 0 aromatic carbocycles. The number of halogens is 1. The second kappa shape index (κ2) is 7.48. The standard InChI is InChI=1S/C13H20N2O4S2.ClH/c1-15(18)8-13(9-16,6-10-4-2-3-5-19-10)14(12(20)21)7-11(15)17;/h3-5,11,16-17H,2,6-9H2,1H3,(H,20,21);1H. The van der Waals surface area contributed by atoms with E-state index in [4.69, 9.17) is 17.0 Å². The lowest BCUT2D eigenvalue weighted by molar-refractivity contribution is -0.920. The van der Waals surface area contributed by atoms with Crippen LogP contribution in [0.5, 0.6) is 0 Å². The van der Waals surface area contributed by atoms with Crippen LogP contribution >= 0.6 is 37.3 Å². The van der Waals surface area contributed by atoms with Gasteiger partial charge in [0.1, 0.15) is 22.2 Å². The molecule has 0 bridgehead atoms. The first-order chi connectivity index (χ1) is 9.81. The van der Waals surface area contributed by atoms with E-state index in [-0.39, 0.29) is 36.4 Å². The molecule has 0 radical (unpaired) electrons. The fourth-order valence-electron chi connectivity index (χ4n) is 2.81. The summed E-state index contributed by atoms with van der Waals surface area (Å²) in [4.78, 5) is 1.62. The van der Waals surface area contributed by atoms with Gasteiger partial charge in [-0.1, -0.05) is 12.2 Å². The lowest BCUT2D eigenvalue weighted by Gasteiger charge is -2.57. The molecule has 0 spiro atoms. The molecule has 22 heavy (non-hydrogen) atoms. The van der Waals surface area contributed by atoms with Crippen LogP contribution < -0.4 is 0 Å². The fraction of sp³-hybridized carbons (Fsp3) is 0.615. The molecule has 0 aromatic rings. The van der Waals surface area contributed by atoms with Crippen molar-refractivity contribution in [2.24, 2.45) is 0 Å². The molecule has 126 valence electrons. The van der Waals surface area contributed by atoms with Crippen LogP contribution in [-0.4, -0.2) is 62.6 Å². The van der Waals surface area contributed by atoms with E-state index < -0.39 is 16.4 Å². The minimum Gasteiger partial charge on any atom is -0.631 e. The molecule has 6 nitrogen and oxygen atoms in total. The van der Waals surface area contributed by atoms with Crippen LogP contribution in [0.4, 0.5) is 0 Å². The molecule has 1 saturated heterocycles. The van der Waals surface area contributed by atoms with E-state index in [9.17, 15) is 15.4 Å². The minimum absolute atomic E-state index is 0. The van der Waals surface area contributed by atoms with Gasteiger partial charge in [-0.2, -0.15) is 0 Å². The Labute approximate surface area is 147 Å². The summed E-state index contributed by atoms with van der Waals surface area (Å²) in [5, 5.41) is 32.4. The van der Waals surface area contributed by atoms with Crippen molar-refractivity contribution < 1.29 is 19.6 Å². The normalized spacial score (nSPS) is 34.5. The molecule has 9 heteroatoms. The number of hydroxylamine groups is 3. The van der Waals surface area contributed by atoms with E-state index in [1.807, 2.05) is 12.2 Å². The van der Waals surface area contributed by atoms with Gasteiger partial charge in [-0.15, -0.1) is 25.0 Å². The Morgan fingerprint density at radius 2 is 2.36 bits per heavy atom. The first kappa shape index (κ1) is 19.7. The van der Waals surface area contributed by atoms with Crippen LogP contribution in [0.1, 0.15) is 12.8 Å². The van der Waals surface area contributed by atoms with Gasteiger partial charge in [0.05, 0.1) is 26.5 Å². The van der Waals surface area contributed by atoms with Gasteiger partial charge in [-0.25, -0.2) is 0 Å². The van der Waals surface area contributed by atoms with E-state index in [2.05, 4.69) is 12.6 Å². The number of ether oxygens (including phenoxy) is 1. The zero-order valence-electron chi connectivity index (χ0n) is 12.2. The molecule has 2 N–H and O–H groups in total. The molecular formula is C13H21ClN2O4S2. The SMILES string of the molecule is C[N+]1([O-])CC(CO)(CC2=CCC=CO2)N(C(=S)S)CC1O.Cl. The summed E-state index contributed by atoms with van der Waals surface area (Å²) in [6, 6.07) is 0. The Morgan fingerprint density at radius 1 is 1.68 bits per heavy atom. The maximum atomic E-state index is 12.4. The molecule has 3 atom stereocenters. The van der Waals surface area contributed by atoms with Gasteiger partial charge < -0.3 is 29.7 Å². The van der Waals surface area contributed by atoms with Gasteiger partial charge >= 0.3 is 0 Å². The Balaban J connectivity index is 0.00000242. The van der Waals surface area contributed by atoms with Crippen LogP contribution in [0.2, 0.25) is 0 Å². The summed E-state index contributed by atoms with van der Waals surface area (Å²) in [5.41, 5.74) is -0.925. The van der Waals surface area contributed by atoms with Gasteiger partial charge in [-0.3, -0.25) is 0 Å². The summed E-state index contributed by atoms with van der Waals surface area (Å²) in [6.07, 6.45) is 5.31. The summed E-state index contributed by atoms with van der Waals surface area (Å²) < 4.78 is 4.83. The number of thiol groups is 1. The topological polar surface area (TPSA) is 76.0 Å². The van der Waals surface area contributed by atoms with Crippen molar-refractivity contribution >= 4 is 41.6 Å². The predicted molar refractivity (Wildman–Crippen MR) is 93.3 cm³/mol. The van der Waals surface area contributed by atoms with Crippen molar-refractivity contribution in [1.29, 1.82) is 0 Å². The van der Waals surface area contributed by atoms with Gasteiger partial charge in [0.2, 0.25) is 6.23 Å². The van der Waals surface area contributed by atoms with Crippen molar-refractivity contribution in [3.63, 3.8) is 0 Å². The number of quaternary nitrogens is 1. The Kier molecular flexibility index (Phi) is 6.70. The molecule has 2 aliphatic heterocycles. The molecule has 0 saturated carbocycles. The first-order valence-electron chi connectivity index (χ1n) is 6.67. The van der Waals surface area contributed by atoms with Crippen molar-refractivity contribution in [1.82, 2.24) is 4.90 Å². The summed E-state index contributed by atoms with van der Waals surface area (Å²) in [5.74, 6) is 0.678. The Morgan fingerprint density at radius 3 is 2.86 bits per heavy atom. The van der Waals surface area contributed by atoms with E-state index in [0.29, 0.717) is 12.2 Å². The number of piperazine rings is 1. The number of rotatable bonds is 3. The maximum Gasteiger partial charge on any atom is 0.208 e. The molecular weight excluding hydrogens is 348 g/mol. The van der Waals surface area contributed by atoms with Crippen molar-refractivity contribution in [3.05, 3.63) is 29.4 Å². The molecule has 0 aliphatic carbocycles. The number of aliphatic hydroxyl groups excluding tert-OH is 2. The van der Waals surface area contributed by atoms with E-state index in [0.717, 1.165) is 6.42 Å². The number of nitrogens with zero attached hydrogens (tertiary/aromatic N) is 2. The largest absolute Gasteiger partial charge is 0.631 e. The van der Waals surface area contributed by atoms with Gasteiger partial charge in [-0.05, 0) is 18.6 Å². The summed E-state index contributed by atoms with van der Waals surface area (Å²) in [6.45, 7) is -0.247. The molecule has 2 rings (SSSR count). The monoisotopic (exact) mass is 368 g/mol. The molecule has 0 aromatic heterocycles. The third-order valence-electron chi connectivity index (χ3n) is 3.98. The predicted octanol–water partition coefficient (Wildman–Crippen LogP) is 1.14. The highest BCUT2D eigenvalue weighted by Gasteiger charge is 2.50. The average molecular weight is 369 g/mol. The molecule has 1 fully saturated rings. The van der Waals surface area contributed by atoms with Crippen LogP contribution in [-0.2, 0) is 4.74 Å².